The second-order valence-corrected chi connectivity index (χ2v) is 4.19. The Labute approximate surface area is 104 Å². The van der Waals surface area contributed by atoms with Gasteiger partial charge in [0.1, 0.15) is 5.82 Å². The van der Waals surface area contributed by atoms with Crippen molar-refractivity contribution in [2.45, 2.75) is 0 Å². The van der Waals surface area contributed by atoms with Gasteiger partial charge in [0.15, 0.2) is 11.5 Å². The molecule has 0 bridgehead atoms. The van der Waals surface area contributed by atoms with Gasteiger partial charge in [0.25, 0.3) is 0 Å². The summed E-state index contributed by atoms with van der Waals surface area (Å²) in [6.07, 6.45) is 0. The topological polar surface area (TPSA) is 58.3 Å². The van der Waals surface area contributed by atoms with E-state index in [9.17, 15) is 10.2 Å². The predicted octanol–water partition coefficient (Wildman–Crippen LogP) is 2.65. The number of hydrogen-bond donors (Lipinski definition) is 2. The van der Waals surface area contributed by atoms with Gasteiger partial charge in [-0.1, -0.05) is 12.1 Å². The Kier molecular flexibility index (Phi) is 2.23. The summed E-state index contributed by atoms with van der Waals surface area (Å²) in [5.74, 6) is 0.489. The minimum absolute atomic E-state index is 0.127. The van der Waals surface area contributed by atoms with Gasteiger partial charge in [0.05, 0.1) is 11.0 Å². The molecule has 4 nitrogen and oxygen atoms in total. The molecule has 1 heterocycles. The van der Waals surface area contributed by atoms with E-state index < -0.39 is 0 Å². The van der Waals surface area contributed by atoms with Crippen LogP contribution in [0.5, 0.6) is 11.5 Å². The zero-order valence-electron chi connectivity index (χ0n) is 9.83. The SMILES string of the molecule is Cn1c(-c2ccc(O)c(O)c2)nc2ccccc21. The van der Waals surface area contributed by atoms with Crippen LogP contribution >= 0.6 is 0 Å². The number of hydrogen-bond acceptors (Lipinski definition) is 3. The van der Waals surface area contributed by atoms with Crippen LogP contribution in [-0.4, -0.2) is 19.8 Å². The van der Waals surface area contributed by atoms with Gasteiger partial charge in [-0.25, -0.2) is 4.98 Å². The van der Waals surface area contributed by atoms with Gasteiger partial charge in [0.2, 0.25) is 0 Å². The number of imidazole rings is 1. The zero-order valence-corrected chi connectivity index (χ0v) is 9.83. The van der Waals surface area contributed by atoms with Crippen LogP contribution in [-0.2, 0) is 7.05 Å². The highest BCUT2D eigenvalue weighted by atomic mass is 16.3. The van der Waals surface area contributed by atoms with Crippen LogP contribution in [0.2, 0.25) is 0 Å². The number of phenolic OH excluding ortho intramolecular Hbond substituents is 2. The van der Waals surface area contributed by atoms with Crippen LogP contribution in [0, 0.1) is 0 Å². The van der Waals surface area contributed by atoms with Gasteiger partial charge >= 0.3 is 0 Å². The summed E-state index contributed by atoms with van der Waals surface area (Å²) in [5.41, 5.74) is 2.70. The third-order valence-electron chi connectivity index (χ3n) is 3.02. The molecular formula is C14H12N2O2. The van der Waals surface area contributed by atoms with Crippen LogP contribution in [0.4, 0.5) is 0 Å². The van der Waals surface area contributed by atoms with Gasteiger partial charge in [-0.05, 0) is 30.3 Å². The smallest absolute Gasteiger partial charge is 0.158 e. The first kappa shape index (κ1) is 10.7. The first-order valence-electron chi connectivity index (χ1n) is 5.60. The highest BCUT2D eigenvalue weighted by Gasteiger charge is 2.10. The molecule has 0 atom stereocenters. The molecule has 0 saturated heterocycles. The molecule has 0 amide bonds. The largest absolute Gasteiger partial charge is 0.504 e. The number of nitrogens with zero attached hydrogens (tertiary/aromatic N) is 2. The lowest BCUT2D eigenvalue weighted by Gasteiger charge is -2.04. The Hall–Kier alpha value is -2.49. The minimum Gasteiger partial charge on any atom is -0.504 e. The highest BCUT2D eigenvalue weighted by Crippen LogP contribution is 2.31. The van der Waals surface area contributed by atoms with E-state index in [1.54, 1.807) is 6.07 Å². The summed E-state index contributed by atoms with van der Waals surface area (Å²) in [4.78, 5) is 4.52. The van der Waals surface area contributed by atoms with E-state index in [1.165, 1.54) is 12.1 Å². The standard InChI is InChI=1S/C14H12N2O2/c1-16-11-5-3-2-4-10(11)15-14(16)9-6-7-12(17)13(18)8-9/h2-8,17-18H,1H3. The van der Waals surface area contributed by atoms with E-state index in [4.69, 9.17) is 0 Å². The third kappa shape index (κ3) is 1.50. The summed E-state index contributed by atoms with van der Waals surface area (Å²) in [7, 11) is 1.93. The number of aromatic hydroxyl groups is 2. The molecule has 0 spiro atoms. The maximum Gasteiger partial charge on any atom is 0.158 e. The van der Waals surface area contributed by atoms with Crippen molar-refractivity contribution in [3.8, 4) is 22.9 Å². The number of para-hydroxylation sites is 2. The summed E-state index contributed by atoms with van der Waals surface area (Å²) in [6, 6.07) is 12.5. The van der Waals surface area contributed by atoms with Crippen LogP contribution in [0.1, 0.15) is 0 Å². The van der Waals surface area contributed by atoms with Gasteiger partial charge in [-0.3, -0.25) is 0 Å². The normalized spacial score (nSPS) is 10.9. The fourth-order valence-electron chi connectivity index (χ4n) is 2.07. The van der Waals surface area contributed by atoms with Crippen molar-refractivity contribution in [1.82, 2.24) is 9.55 Å². The fraction of sp³-hybridized carbons (Fsp3) is 0.0714. The predicted molar refractivity (Wildman–Crippen MR) is 69.5 cm³/mol. The molecule has 0 fully saturated rings. The average molecular weight is 240 g/mol. The van der Waals surface area contributed by atoms with E-state index in [-0.39, 0.29) is 11.5 Å². The van der Waals surface area contributed by atoms with Gasteiger partial charge < -0.3 is 14.8 Å². The van der Waals surface area contributed by atoms with Gasteiger partial charge in [-0.15, -0.1) is 0 Å². The molecule has 2 N–H and O–H groups in total. The maximum absolute atomic E-state index is 9.54. The van der Waals surface area contributed by atoms with Crippen LogP contribution < -0.4 is 0 Å². The molecule has 90 valence electrons. The second kappa shape index (κ2) is 3.77. The van der Waals surface area contributed by atoms with E-state index in [1.807, 2.05) is 35.9 Å². The average Bonchev–Trinajstić information content (AvgIpc) is 2.71. The number of rotatable bonds is 1. The number of aryl methyl sites for hydroxylation is 1. The molecule has 0 aliphatic rings. The molecular weight excluding hydrogens is 228 g/mol. The molecule has 18 heavy (non-hydrogen) atoms. The highest BCUT2D eigenvalue weighted by molar-refractivity contribution is 5.80. The van der Waals surface area contributed by atoms with Crippen molar-refractivity contribution in [2.24, 2.45) is 7.05 Å². The van der Waals surface area contributed by atoms with E-state index in [2.05, 4.69) is 4.98 Å². The van der Waals surface area contributed by atoms with Gasteiger partial charge in [0, 0.05) is 12.6 Å². The van der Waals surface area contributed by atoms with Crippen molar-refractivity contribution < 1.29 is 10.2 Å². The molecule has 0 saturated carbocycles. The lowest BCUT2D eigenvalue weighted by atomic mass is 10.2. The maximum atomic E-state index is 9.54. The van der Waals surface area contributed by atoms with E-state index in [0.29, 0.717) is 0 Å². The van der Waals surface area contributed by atoms with E-state index in [0.717, 1.165) is 22.4 Å². The van der Waals surface area contributed by atoms with E-state index >= 15 is 0 Å². The first-order valence-corrected chi connectivity index (χ1v) is 5.60. The van der Waals surface area contributed by atoms with Crippen molar-refractivity contribution in [1.29, 1.82) is 0 Å². The van der Waals surface area contributed by atoms with Gasteiger partial charge in [-0.2, -0.15) is 0 Å². The molecule has 0 radical (unpaired) electrons. The summed E-state index contributed by atoms with van der Waals surface area (Å²) < 4.78 is 1.96. The van der Waals surface area contributed by atoms with Crippen molar-refractivity contribution in [2.75, 3.05) is 0 Å². The summed E-state index contributed by atoms with van der Waals surface area (Å²) >= 11 is 0. The lowest BCUT2D eigenvalue weighted by molar-refractivity contribution is 0.404. The Morgan fingerprint density at radius 1 is 1.00 bits per heavy atom. The van der Waals surface area contributed by atoms with Crippen molar-refractivity contribution in [3.63, 3.8) is 0 Å². The Morgan fingerprint density at radius 2 is 1.78 bits per heavy atom. The first-order chi connectivity index (χ1) is 8.66. The number of aromatic nitrogens is 2. The van der Waals surface area contributed by atoms with Crippen LogP contribution in [0.15, 0.2) is 42.5 Å². The number of benzene rings is 2. The number of phenols is 2. The molecule has 0 aliphatic carbocycles. The zero-order chi connectivity index (χ0) is 12.7. The number of fused-ring (bicyclic) bond motifs is 1. The van der Waals surface area contributed by atoms with Crippen molar-refractivity contribution >= 4 is 11.0 Å². The fourth-order valence-corrected chi connectivity index (χ4v) is 2.07. The second-order valence-electron chi connectivity index (χ2n) is 4.19. The Bertz CT molecular complexity index is 732. The molecule has 2 aromatic carbocycles. The van der Waals surface area contributed by atoms with Crippen LogP contribution in [0.3, 0.4) is 0 Å². The summed E-state index contributed by atoms with van der Waals surface area (Å²) in [6.45, 7) is 0. The molecule has 4 heteroatoms. The monoisotopic (exact) mass is 240 g/mol. The molecule has 3 rings (SSSR count). The lowest BCUT2D eigenvalue weighted by Crippen LogP contribution is -1.92. The van der Waals surface area contributed by atoms with Crippen molar-refractivity contribution in [3.05, 3.63) is 42.5 Å². The molecule has 1 aromatic heterocycles. The molecule has 0 unspecified atom stereocenters. The van der Waals surface area contributed by atoms with Crippen LogP contribution in [0.25, 0.3) is 22.4 Å². The Morgan fingerprint density at radius 3 is 2.50 bits per heavy atom. The quantitative estimate of drug-likeness (QED) is 0.643. The molecule has 3 aromatic rings. The molecule has 0 aliphatic heterocycles. The minimum atomic E-state index is -0.139. The third-order valence-corrected chi connectivity index (χ3v) is 3.02. The summed E-state index contributed by atoms with van der Waals surface area (Å²) in [5, 5.41) is 18.9. The Balaban J connectivity index is 2.25.